The van der Waals surface area contributed by atoms with E-state index in [1.54, 1.807) is 4.90 Å². The lowest BCUT2D eigenvalue weighted by Crippen LogP contribution is -2.52. The Kier molecular flexibility index (Phi) is 4.14. The summed E-state index contributed by atoms with van der Waals surface area (Å²) in [4.78, 5) is 38.3. The lowest BCUT2D eigenvalue weighted by Gasteiger charge is -2.29. The lowest BCUT2D eigenvalue weighted by molar-refractivity contribution is -0.152. The fourth-order valence-electron chi connectivity index (χ4n) is 2.12. The Hall–Kier alpha value is -1.63. The van der Waals surface area contributed by atoms with Gasteiger partial charge in [-0.05, 0) is 6.42 Å². The molecule has 0 saturated carbocycles. The molecule has 0 aliphatic carbocycles. The van der Waals surface area contributed by atoms with Crippen LogP contribution < -0.4 is 10.6 Å². The number of nitrogens with one attached hydrogen (secondary N) is 2. The zero-order valence-corrected chi connectivity index (χ0v) is 10.3. The molecule has 0 aromatic carbocycles. The summed E-state index contributed by atoms with van der Waals surface area (Å²) >= 11 is 0. The maximum absolute atomic E-state index is 12.0. The van der Waals surface area contributed by atoms with Crippen LogP contribution in [0.5, 0.6) is 0 Å². The molecule has 3 amide bonds. The lowest BCUT2D eigenvalue weighted by atomic mass is 10.3. The smallest absolute Gasteiger partial charge is 0.312 e. The molecule has 0 aromatic heterocycles. The highest BCUT2D eigenvalue weighted by molar-refractivity contribution is 6.35. The molecule has 2 aliphatic heterocycles. The number of nitrogens with zero attached hydrogens (tertiary/aromatic N) is 2. The summed E-state index contributed by atoms with van der Waals surface area (Å²) in [6.45, 7) is 3.50. The van der Waals surface area contributed by atoms with Crippen LogP contribution in [0.3, 0.4) is 0 Å². The highest BCUT2D eigenvalue weighted by atomic mass is 16.2. The molecule has 100 valence electrons. The molecule has 2 N–H and O–H groups in total. The van der Waals surface area contributed by atoms with Crippen LogP contribution in [0.15, 0.2) is 0 Å². The third-order valence-electron chi connectivity index (χ3n) is 3.14. The summed E-state index contributed by atoms with van der Waals surface area (Å²) in [6, 6.07) is 0. The van der Waals surface area contributed by atoms with E-state index in [9.17, 15) is 14.4 Å². The highest BCUT2D eigenvalue weighted by Gasteiger charge is 2.29. The van der Waals surface area contributed by atoms with Crippen molar-refractivity contribution in [3.63, 3.8) is 0 Å². The Morgan fingerprint density at radius 3 is 2.33 bits per heavy atom. The third-order valence-corrected chi connectivity index (χ3v) is 3.14. The number of rotatable bonds is 0. The first kappa shape index (κ1) is 12.8. The fourth-order valence-corrected chi connectivity index (χ4v) is 2.12. The molecule has 2 aliphatic rings. The zero-order valence-electron chi connectivity index (χ0n) is 10.3. The van der Waals surface area contributed by atoms with Gasteiger partial charge in [0, 0.05) is 39.3 Å². The minimum atomic E-state index is -0.561. The van der Waals surface area contributed by atoms with Crippen molar-refractivity contribution in [2.45, 2.75) is 6.42 Å². The molecule has 0 aromatic rings. The average molecular weight is 254 g/mol. The molecule has 2 rings (SSSR count). The van der Waals surface area contributed by atoms with Gasteiger partial charge in [-0.25, -0.2) is 0 Å². The van der Waals surface area contributed by atoms with Gasteiger partial charge in [-0.1, -0.05) is 0 Å². The standard InChI is InChI=1S/C11H18N4O3/c16-9-8-15(5-1-2-13-9)11(18)10(17)14-6-3-12-4-7-14/h12H,1-8H2,(H,13,16). The van der Waals surface area contributed by atoms with E-state index < -0.39 is 11.8 Å². The maximum Gasteiger partial charge on any atom is 0.312 e. The average Bonchev–Trinajstić information content (AvgIpc) is 2.63. The van der Waals surface area contributed by atoms with Crippen LogP contribution in [0.25, 0.3) is 0 Å². The van der Waals surface area contributed by atoms with Gasteiger partial charge in [0.2, 0.25) is 5.91 Å². The van der Waals surface area contributed by atoms with E-state index >= 15 is 0 Å². The molecule has 7 nitrogen and oxygen atoms in total. The van der Waals surface area contributed by atoms with Crippen molar-refractivity contribution in [1.29, 1.82) is 0 Å². The van der Waals surface area contributed by atoms with E-state index in [1.165, 1.54) is 4.90 Å². The summed E-state index contributed by atoms with van der Waals surface area (Å²) in [6.07, 6.45) is 0.687. The molecule has 18 heavy (non-hydrogen) atoms. The molecular formula is C11H18N4O3. The normalized spacial score (nSPS) is 21.2. The first-order valence-electron chi connectivity index (χ1n) is 6.24. The van der Waals surface area contributed by atoms with Gasteiger partial charge >= 0.3 is 11.8 Å². The predicted octanol–water partition coefficient (Wildman–Crippen LogP) is -2.23. The van der Waals surface area contributed by atoms with Crippen LogP contribution in [0, 0.1) is 0 Å². The van der Waals surface area contributed by atoms with E-state index in [4.69, 9.17) is 0 Å². The minimum absolute atomic E-state index is 0.0172. The second-order valence-corrected chi connectivity index (χ2v) is 4.47. The van der Waals surface area contributed by atoms with Gasteiger partial charge in [0.05, 0.1) is 6.54 Å². The van der Waals surface area contributed by atoms with Crippen LogP contribution in [0.2, 0.25) is 0 Å². The van der Waals surface area contributed by atoms with Gasteiger partial charge in [0.25, 0.3) is 0 Å². The van der Waals surface area contributed by atoms with Crippen LogP contribution in [0.1, 0.15) is 6.42 Å². The summed E-state index contributed by atoms with van der Waals surface area (Å²) < 4.78 is 0. The number of carbonyl (C=O) groups is 3. The number of amides is 3. The summed E-state index contributed by atoms with van der Waals surface area (Å²) in [5.41, 5.74) is 0. The van der Waals surface area contributed by atoms with Gasteiger partial charge < -0.3 is 20.4 Å². The van der Waals surface area contributed by atoms with Gasteiger partial charge in [-0.15, -0.1) is 0 Å². The first-order valence-corrected chi connectivity index (χ1v) is 6.24. The molecule has 2 saturated heterocycles. The van der Waals surface area contributed by atoms with Gasteiger partial charge in [-0.2, -0.15) is 0 Å². The van der Waals surface area contributed by atoms with Crippen molar-refractivity contribution in [3.8, 4) is 0 Å². The molecule has 7 heteroatoms. The quantitative estimate of drug-likeness (QED) is 0.479. The zero-order chi connectivity index (χ0) is 13.0. The topological polar surface area (TPSA) is 81.8 Å². The van der Waals surface area contributed by atoms with Crippen molar-refractivity contribution in [3.05, 3.63) is 0 Å². The molecular weight excluding hydrogens is 236 g/mol. The van der Waals surface area contributed by atoms with Gasteiger partial charge in [0.15, 0.2) is 0 Å². The van der Waals surface area contributed by atoms with Crippen LogP contribution in [0.4, 0.5) is 0 Å². The predicted molar refractivity (Wildman–Crippen MR) is 63.7 cm³/mol. The van der Waals surface area contributed by atoms with Crippen LogP contribution >= 0.6 is 0 Å². The van der Waals surface area contributed by atoms with Crippen molar-refractivity contribution >= 4 is 17.7 Å². The monoisotopic (exact) mass is 254 g/mol. The van der Waals surface area contributed by atoms with Crippen LogP contribution in [-0.4, -0.2) is 73.3 Å². The van der Waals surface area contributed by atoms with Gasteiger partial charge in [-0.3, -0.25) is 14.4 Å². The number of piperazine rings is 1. The second-order valence-electron chi connectivity index (χ2n) is 4.47. The van der Waals surface area contributed by atoms with E-state index in [2.05, 4.69) is 10.6 Å². The van der Waals surface area contributed by atoms with Crippen LogP contribution in [-0.2, 0) is 14.4 Å². The number of carbonyl (C=O) groups excluding carboxylic acids is 3. The molecule has 0 radical (unpaired) electrons. The number of hydrogen-bond donors (Lipinski definition) is 2. The maximum atomic E-state index is 12.0. The van der Waals surface area contributed by atoms with E-state index in [-0.39, 0.29) is 12.5 Å². The molecule has 0 bridgehead atoms. The van der Waals surface area contributed by atoms with E-state index in [0.717, 1.165) is 0 Å². The highest BCUT2D eigenvalue weighted by Crippen LogP contribution is 2.02. The minimum Gasteiger partial charge on any atom is -0.354 e. The SMILES string of the molecule is O=C1CN(C(=O)C(=O)N2CCNCC2)CCCN1. The first-order chi connectivity index (χ1) is 8.68. The molecule has 0 spiro atoms. The van der Waals surface area contributed by atoms with Gasteiger partial charge in [0.1, 0.15) is 0 Å². The second kappa shape index (κ2) is 5.81. The van der Waals surface area contributed by atoms with E-state index in [1.807, 2.05) is 0 Å². The Labute approximate surface area is 105 Å². The van der Waals surface area contributed by atoms with Crippen molar-refractivity contribution in [2.24, 2.45) is 0 Å². The summed E-state index contributed by atoms with van der Waals surface area (Å²) in [5, 5.41) is 5.80. The Morgan fingerprint density at radius 2 is 1.61 bits per heavy atom. The summed E-state index contributed by atoms with van der Waals surface area (Å²) in [7, 11) is 0. The number of hydrogen-bond acceptors (Lipinski definition) is 4. The Balaban J connectivity index is 1.96. The largest absolute Gasteiger partial charge is 0.354 e. The van der Waals surface area contributed by atoms with E-state index in [0.29, 0.717) is 45.7 Å². The Bertz CT molecular complexity index is 352. The van der Waals surface area contributed by atoms with Crippen molar-refractivity contribution < 1.29 is 14.4 Å². The fraction of sp³-hybridized carbons (Fsp3) is 0.727. The molecule has 0 atom stereocenters. The summed E-state index contributed by atoms with van der Waals surface area (Å²) in [5.74, 6) is -1.26. The van der Waals surface area contributed by atoms with Crippen molar-refractivity contribution in [2.75, 3.05) is 45.8 Å². The molecule has 2 fully saturated rings. The Morgan fingerprint density at radius 1 is 0.944 bits per heavy atom. The molecule has 0 unspecified atom stereocenters. The third kappa shape index (κ3) is 2.98. The molecule has 2 heterocycles. The van der Waals surface area contributed by atoms with Crippen molar-refractivity contribution in [1.82, 2.24) is 20.4 Å².